The number of para-hydroxylation sites is 1. The fourth-order valence-corrected chi connectivity index (χ4v) is 5.93. The van der Waals surface area contributed by atoms with Crippen molar-refractivity contribution in [3.8, 4) is 5.75 Å². The van der Waals surface area contributed by atoms with E-state index in [-0.39, 0.29) is 35.8 Å². The number of carbonyl (C=O) groups excluding carboxylic acids is 4. The number of benzene rings is 1. The quantitative estimate of drug-likeness (QED) is 0.475. The summed E-state index contributed by atoms with van der Waals surface area (Å²) in [6.45, 7) is 8.08. The Bertz CT molecular complexity index is 1140. The SMILES string of the molecule is COc1ccccc1C(=O)N(C)CCC[C@H]1C(=O)N(C)CCCCC2(CCN(C(=O)OC(C)(C)C)CC2)COCC(=O)N1C. The molecule has 44 heavy (non-hydrogen) atoms. The highest BCUT2D eigenvalue weighted by Crippen LogP contribution is 2.37. The summed E-state index contributed by atoms with van der Waals surface area (Å²) in [6.07, 6.45) is 4.85. The molecule has 1 spiro atoms. The van der Waals surface area contributed by atoms with Gasteiger partial charge in [0.05, 0.1) is 19.3 Å². The molecule has 1 aromatic rings. The fourth-order valence-electron chi connectivity index (χ4n) is 5.93. The van der Waals surface area contributed by atoms with Gasteiger partial charge in [-0.3, -0.25) is 14.4 Å². The molecule has 0 saturated carbocycles. The second kappa shape index (κ2) is 15.6. The first kappa shape index (κ1) is 35.1. The van der Waals surface area contributed by atoms with Crippen LogP contribution in [0.3, 0.4) is 0 Å². The second-order valence-electron chi connectivity index (χ2n) is 13.3. The Morgan fingerprint density at radius 1 is 1.05 bits per heavy atom. The highest BCUT2D eigenvalue weighted by molar-refractivity contribution is 5.96. The van der Waals surface area contributed by atoms with Crippen LogP contribution in [-0.2, 0) is 19.1 Å². The molecule has 2 fully saturated rings. The molecule has 0 unspecified atom stereocenters. The van der Waals surface area contributed by atoms with Crippen molar-refractivity contribution >= 4 is 23.8 Å². The van der Waals surface area contributed by atoms with Crippen LogP contribution >= 0.6 is 0 Å². The van der Waals surface area contributed by atoms with Gasteiger partial charge in [0.25, 0.3) is 5.91 Å². The van der Waals surface area contributed by atoms with Crippen molar-refractivity contribution in [3.05, 3.63) is 29.8 Å². The van der Waals surface area contributed by atoms with E-state index in [2.05, 4.69) is 0 Å². The summed E-state index contributed by atoms with van der Waals surface area (Å²) < 4.78 is 16.9. The molecule has 0 radical (unpaired) electrons. The molecule has 11 nitrogen and oxygen atoms in total. The van der Waals surface area contributed by atoms with Crippen LogP contribution < -0.4 is 4.74 Å². The van der Waals surface area contributed by atoms with Gasteiger partial charge in [-0.1, -0.05) is 18.6 Å². The Morgan fingerprint density at radius 3 is 2.39 bits per heavy atom. The van der Waals surface area contributed by atoms with Crippen LogP contribution in [0.1, 0.15) is 76.1 Å². The molecule has 4 amide bonds. The molecule has 2 aliphatic heterocycles. The van der Waals surface area contributed by atoms with Crippen molar-refractivity contribution in [2.45, 2.75) is 77.4 Å². The van der Waals surface area contributed by atoms with Crippen LogP contribution in [0.2, 0.25) is 0 Å². The standard InChI is InChI=1S/C33H52N4O7/c1-32(2,3)44-31(41)37-21-17-33(18-22-37)16-10-11-19-35(5)30(40)26(36(6)28(38)23-43-24-33)14-12-20-34(4)29(39)25-13-8-9-15-27(25)42-7/h8-9,13,15,26H,10-12,14,16-24H2,1-7H3/t26-/m0/s1. The summed E-state index contributed by atoms with van der Waals surface area (Å²) >= 11 is 0. The molecule has 3 rings (SSSR count). The minimum Gasteiger partial charge on any atom is -0.496 e. The van der Waals surface area contributed by atoms with E-state index in [0.29, 0.717) is 56.9 Å². The summed E-state index contributed by atoms with van der Waals surface area (Å²) in [4.78, 5) is 59.0. The van der Waals surface area contributed by atoms with E-state index in [9.17, 15) is 19.2 Å². The summed E-state index contributed by atoms with van der Waals surface area (Å²) in [5.41, 5.74) is -0.197. The van der Waals surface area contributed by atoms with Gasteiger partial charge >= 0.3 is 6.09 Å². The zero-order valence-electron chi connectivity index (χ0n) is 27.7. The van der Waals surface area contributed by atoms with Crippen LogP contribution in [0.25, 0.3) is 0 Å². The van der Waals surface area contributed by atoms with Crippen LogP contribution in [0.5, 0.6) is 5.75 Å². The normalized spacial score (nSPS) is 20.4. The minimum atomic E-state index is -0.655. The Morgan fingerprint density at radius 2 is 1.73 bits per heavy atom. The number of carbonyl (C=O) groups is 4. The molecule has 0 bridgehead atoms. The molecular weight excluding hydrogens is 564 g/mol. The molecule has 1 atom stereocenters. The van der Waals surface area contributed by atoms with Crippen LogP contribution in [0.15, 0.2) is 24.3 Å². The minimum absolute atomic E-state index is 0.112. The van der Waals surface area contributed by atoms with Gasteiger partial charge in [0, 0.05) is 47.3 Å². The van der Waals surface area contributed by atoms with Crippen LogP contribution in [0.4, 0.5) is 4.79 Å². The lowest BCUT2D eigenvalue weighted by Crippen LogP contribution is -2.50. The number of methoxy groups -OCH3 is 1. The molecule has 1 aromatic carbocycles. The van der Waals surface area contributed by atoms with Gasteiger partial charge < -0.3 is 33.8 Å². The van der Waals surface area contributed by atoms with Crippen molar-refractivity contribution in [2.24, 2.45) is 5.41 Å². The Balaban J connectivity index is 1.61. The van der Waals surface area contributed by atoms with Crippen molar-refractivity contribution in [2.75, 3.05) is 67.6 Å². The Labute approximate surface area is 262 Å². The van der Waals surface area contributed by atoms with E-state index in [0.717, 1.165) is 32.1 Å². The van der Waals surface area contributed by atoms with E-state index >= 15 is 0 Å². The Kier molecular flexibility index (Phi) is 12.5. The van der Waals surface area contributed by atoms with Crippen molar-refractivity contribution in [1.29, 1.82) is 0 Å². The maximum Gasteiger partial charge on any atom is 0.410 e. The first-order chi connectivity index (χ1) is 20.8. The number of likely N-dealkylation sites (tertiary alicyclic amines) is 1. The predicted octanol–water partition coefficient (Wildman–Crippen LogP) is 4.05. The summed E-state index contributed by atoms with van der Waals surface area (Å²) in [7, 11) is 6.70. The number of hydrogen-bond acceptors (Lipinski definition) is 7. The second-order valence-corrected chi connectivity index (χ2v) is 13.3. The molecular formula is C33H52N4O7. The maximum atomic E-state index is 13.6. The van der Waals surface area contributed by atoms with Gasteiger partial charge in [-0.2, -0.15) is 0 Å². The fraction of sp³-hybridized carbons (Fsp3) is 0.697. The summed E-state index contributed by atoms with van der Waals surface area (Å²) in [5.74, 6) is -0.0170. The highest BCUT2D eigenvalue weighted by atomic mass is 16.6. The lowest BCUT2D eigenvalue weighted by atomic mass is 9.75. The van der Waals surface area contributed by atoms with Crippen LogP contribution in [0, 0.1) is 5.41 Å². The average Bonchev–Trinajstić information content (AvgIpc) is 2.99. The third-order valence-electron chi connectivity index (χ3n) is 8.74. The summed E-state index contributed by atoms with van der Waals surface area (Å²) in [6, 6.07) is 6.43. The van der Waals surface area contributed by atoms with Crippen LogP contribution in [-0.4, -0.2) is 123 Å². The van der Waals surface area contributed by atoms with Gasteiger partial charge in [0.15, 0.2) is 0 Å². The van der Waals surface area contributed by atoms with Gasteiger partial charge in [0.1, 0.15) is 24.0 Å². The molecule has 11 heteroatoms. The predicted molar refractivity (Wildman–Crippen MR) is 168 cm³/mol. The first-order valence-electron chi connectivity index (χ1n) is 15.7. The lowest BCUT2D eigenvalue weighted by Gasteiger charge is -2.42. The van der Waals surface area contributed by atoms with Crippen molar-refractivity contribution in [1.82, 2.24) is 19.6 Å². The number of piperidine rings is 1. The number of rotatable bonds is 6. The zero-order valence-corrected chi connectivity index (χ0v) is 27.7. The summed E-state index contributed by atoms with van der Waals surface area (Å²) in [5, 5.41) is 0. The Hall–Kier alpha value is -3.34. The van der Waals surface area contributed by atoms with Gasteiger partial charge in [-0.15, -0.1) is 0 Å². The number of ether oxygens (including phenoxy) is 3. The number of nitrogens with zero attached hydrogens (tertiary/aromatic N) is 4. The van der Waals surface area contributed by atoms with Gasteiger partial charge in [0.2, 0.25) is 11.8 Å². The lowest BCUT2D eigenvalue weighted by molar-refractivity contribution is -0.147. The zero-order chi connectivity index (χ0) is 32.5. The number of amides is 4. The molecule has 0 N–H and O–H groups in total. The smallest absolute Gasteiger partial charge is 0.410 e. The topological polar surface area (TPSA) is 109 Å². The van der Waals surface area contributed by atoms with E-state index in [1.165, 1.54) is 12.0 Å². The van der Waals surface area contributed by atoms with E-state index in [4.69, 9.17) is 14.2 Å². The van der Waals surface area contributed by atoms with E-state index in [1.54, 1.807) is 54.0 Å². The maximum absolute atomic E-state index is 13.6. The largest absolute Gasteiger partial charge is 0.496 e. The highest BCUT2D eigenvalue weighted by Gasteiger charge is 2.38. The molecule has 2 heterocycles. The van der Waals surface area contributed by atoms with E-state index < -0.39 is 11.6 Å². The monoisotopic (exact) mass is 616 g/mol. The first-order valence-corrected chi connectivity index (χ1v) is 15.7. The third-order valence-corrected chi connectivity index (χ3v) is 8.74. The molecule has 2 aliphatic rings. The van der Waals surface area contributed by atoms with E-state index in [1.807, 2.05) is 26.8 Å². The van der Waals surface area contributed by atoms with Crippen molar-refractivity contribution < 1.29 is 33.4 Å². The average molecular weight is 617 g/mol. The molecule has 2 saturated heterocycles. The molecule has 0 aromatic heterocycles. The molecule has 246 valence electrons. The molecule has 0 aliphatic carbocycles. The number of likely N-dealkylation sites (N-methyl/N-ethyl adjacent to an activating group) is 2. The third kappa shape index (κ3) is 9.58. The van der Waals surface area contributed by atoms with Crippen molar-refractivity contribution in [3.63, 3.8) is 0 Å². The van der Waals surface area contributed by atoms with Gasteiger partial charge in [-0.05, 0) is 76.8 Å². The van der Waals surface area contributed by atoms with Gasteiger partial charge in [-0.25, -0.2) is 4.79 Å². The number of hydrogen-bond donors (Lipinski definition) is 0.